The predicted octanol–water partition coefficient (Wildman–Crippen LogP) is 1.39. The first kappa shape index (κ1) is 13.1. The van der Waals surface area contributed by atoms with E-state index in [4.69, 9.17) is 0 Å². The summed E-state index contributed by atoms with van der Waals surface area (Å²) in [5, 5.41) is 12.6. The van der Waals surface area contributed by atoms with Crippen LogP contribution in [0.15, 0.2) is 18.3 Å². The van der Waals surface area contributed by atoms with Crippen LogP contribution in [0.1, 0.15) is 27.3 Å². The van der Waals surface area contributed by atoms with Crippen molar-refractivity contribution in [1.29, 1.82) is 0 Å². The first-order chi connectivity index (χ1) is 9.11. The summed E-state index contributed by atoms with van der Waals surface area (Å²) in [5.74, 6) is 0.379. The van der Waals surface area contributed by atoms with Crippen molar-refractivity contribution in [2.45, 2.75) is 20.4 Å². The minimum absolute atomic E-state index is 0.161. The van der Waals surface area contributed by atoms with Crippen LogP contribution in [0.4, 0.5) is 5.82 Å². The number of hydrogen-bond acceptors (Lipinski definition) is 4. The molecule has 2 aromatic rings. The first-order valence-electron chi connectivity index (χ1n) is 6.04. The molecule has 0 atom stereocenters. The number of aromatic amines is 1. The highest BCUT2D eigenvalue weighted by Gasteiger charge is 2.16. The molecule has 6 nitrogen and oxygen atoms in total. The highest BCUT2D eigenvalue weighted by molar-refractivity contribution is 5.99. The summed E-state index contributed by atoms with van der Waals surface area (Å²) in [5.41, 5.74) is 3.29. The van der Waals surface area contributed by atoms with Gasteiger partial charge in [-0.3, -0.25) is 14.9 Å². The van der Waals surface area contributed by atoms with E-state index in [-0.39, 0.29) is 5.91 Å². The monoisotopic (exact) mass is 259 g/mol. The largest absolute Gasteiger partial charge is 0.362 e. The number of nitrogens with one attached hydrogen (secondary N) is 3. The molecule has 0 aromatic carbocycles. The average Bonchev–Trinajstić information content (AvgIpc) is 2.78. The van der Waals surface area contributed by atoms with Gasteiger partial charge in [-0.1, -0.05) is 6.07 Å². The normalized spacial score (nSPS) is 10.3. The zero-order chi connectivity index (χ0) is 13.8. The van der Waals surface area contributed by atoms with Gasteiger partial charge in [0.1, 0.15) is 5.56 Å². The molecule has 0 aliphatic heterocycles. The molecule has 6 heteroatoms. The molecule has 100 valence electrons. The van der Waals surface area contributed by atoms with Gasteiger partial charge in [-0.2, -0.15) is 5.10 Å². The Morgan fingerprint density at radius 3 is 2.79 bits per heavy atom. The molecule has 2 rings (SSSR count). The second kappa shape index (κ2) is 5.51. The van der Waals surface area contributed by atoms with E-state index in [0.29, 0.717) is 17.9 Å². The molecule has 2 heterocycles. The van der Waals surface area contributed by atoms with Crippen molar-refractivity contribution in [3.05, 3.63) is 40.8 Å². The van der Waals surface area contributed by atoms with Gasteiger partial charge >= 0.3 is 0 Å². The zero-order valence-electron chi connectivity index (χ0n) is 11.2. The van der Waals surface area contributed by atoms with Crippen LogP contribution in [-0.4, -0.2) is 28.1 Å². The van der Waals surface area contributed by atoms with Gasteiger partial charge in [0.2, 0.25) is 0 Å². The smallest absolute Gasteiger partial charge is 0.256 e. The third-order valence-corrected chi connectivity index (χ3v) is 2.81. The molecule has 2 aromatic heterocycles. The SMILES string of the molecule is CNC(=O)c1c(NCc2ccc(C)cn2)n[nH]c1C. The lowest BCUT2D eigenvalue weighted by atomic mass is 10.2. The summed E-state index contributed by atoms with van der Waals surface area (Å²) in [6.45, 7) is 4.33. The molecule has 0 unspecified atom stereocenters. The van der Waals surface area contributed by atoms with Crippen LogP contribution in [0, 0.1) is 13.8 Å². The second-order valence-corrected chi connectivity index (χ2v) is 4.33. The van der Waals surface area contributed by atoms with Crippen LogP contribution in [0.5, 0.6) is 0 Å². The fourth-order valence-corrected chi connectivity index (χ4v) is 1.74. The van der Waals surface area contributed by atoms with Crippen LogP contribution in [0.3, 0.4) is 0 Å². The Bertz CT molecular complexity index is 573. The summed E-state index contributed by atoms with van der Waals surface area (Å²) < 4.78 is 0. The molecule has 0 saturated heterocycles. The second-order valence-electron chi connectivity index (χ2n) is 4.33. The van der Waals surface area contributed by atoms with Gasteiger partial charge in [-0.25, -0.2) is 0 Å². The molecule has 0 bridgehead atoms. The Balaban J connectivity index is 2.11. The lowest BCUT2D eigenvalue weighted by Crippen LogP contribution is -2.20. The minimum atomic E-state index is -0.161. The quantitative estimate of drug-likeness (QED) is 0.775. The highest BCUT2D eigenvalue weighted by Crippen LogP contribution is 2.16. The topological polar surface area (TPSA) is 82.7 Å². The standard InChI is InChI=1S/C13H17N5O/c1-8-4-5-10(15-6-8)7-16-12-11(13(19)14-3)9(2)17-18-12/h4-6H,7H2,1-3H3,(H,14,19)(H2,16,17,18). The van der Waals surface area contributed by atoms with E-state index >= 15 is 0 Å². The molecule has 19 heavy (non-hydrogen) atoms. The first-order valence-corrected chi connectivity index (χ1v) is 6.04. The maximum atomic E-state index is 11.7. The molecular weight excluding hydrogens is 242 g/mol. The van der Waals surface area contributed by atoms with Crippen molar-refractivity contribution in [3.63, 3.8) is 0 Å². The Morgan fingerprint density at radius 2 is 2.16 bits per heavy atom. The van der Waals surface area contributed by atoms with Crippen molar-refractivity contribution in [2.75, 3.05) is 12.4 Å². The summed E-state index contributed by atoms with van der Waals surface area (Å²) in [7, 11) is 1.60. The fraction of sp³-hybridized carbons (Fsp3) is 0.308. The Labute approximate surface area is 111 Å². The number of anilines is 1. The number of aryl methyl sites for hydroxylation is 2. The van der Waals surface area contributed by atoms with Crippen LogP contribution in [0.2, 0.25) is 0 Å². The molecule has 0 saturated carbocycles. The third kappa shape index (κ3) is 2.90. The van der Waals surface area contributed by atoms with E-state index in [1.165, 1.54) is 0 Å². The lowest BCUT2D eigenvalue weighted by Gasteiger charge is -2.06. The van der Waals surface area contributed by atoms with Gasteiger partial charge in [0.05, 0.1) is 12.2 Å². The number of hydrogen-bond donors (Lipinski definition) is 3. The number of pyridine rings is 1. The summed E-state index contributed by atoms with van der Waals surface area (Å²) >= 11 is 0. The number of carbonyl (C=O) groups is 1. The molecule has 0 aliphatic rings. The average molecular weight is 259 g/mol. The number of rotatable bonds is 4. The predicted molar refractivity (Wildman–Crippen MR) is 73.0 cm³/mol. The van der Waals surface area contributed by atoms with E-state index in [2.05, 4.69) is 25.8 Å². The maximum Gasteiger partial charge on any atom is 0.256 e. The van der Waals surface area contributed by atoms with E-state index in [0.717, 1.165) is 17.0 Å². The van der Waals surface area contributed by atoms with Crippen molar-refractivity contribution in [1.82, 2.24) is 20.5 Å². The van der Waals surface area contributed by atoms with Crippen molar-refractivity contribution >= 4 is 11.7 Å². The van der Waals surface area contributed by atoms with Crippen LogP contribution in [0.25, 0.3) is 0 Å². The Kier molecular flexibility index (Phi) is 3.79. The van der Waals surface area contributed by atoms with Crippen molar-refractivity contribution in [3.8, 4) is 0 Å². The van der Waals surface area contributed by atoms with E-state index in [1.54, 1.807) is 7.05 Å². The molecule has 0 spiro atoms. The molecule has 1 amide bonds. The highest BCUT2D eigenvalue weighted by atomic mass is 16.1. The number of amides is 1. The van der Waals surface area contributed by atoms with Gasteiger partial charge in [0.25, 0.3) is 5.91 Å². The Morgan fingerprint density at radius 1 is 1.37 bits per heavy atom. The van der Waals surface area contributed by atoms with Gasteiger partial charge in [-0.05, 0) is 25.5 Å². The van der Waals surface area contributed by atoms with Gasteiger partial charge in [0.15, 0.2) is 5.82 Å². The summed E-state index contributed by atoms with van der Waals surface area (Å²) in [4.78, 5) is 16.0. The summed E-state index contributed by atoms with van der Waals surface area (Å²) in [6, 6.07) is 3.95. The van der Waals surface area contributed by atoms with E-state index in [9.17, 15) is 4.79 Å². The lowest BCUT2D eigenvalue weighted by molar-refractivity contribution is 0.0963. The molecule has 0 radical (unpaired) electrons. The van der Waals surface area contributed by atoms with Gasteiger partial charge in [0, 0.05) is 18.9 Å². The number of aromatic nitrogens is 3. The molecular formula is C13H17N5O. The number of nitrogens with zero attached hydrogens (tertiary/aromatic N) is 2. The zero-order valence-corrected chi connectivity index (χ0v) is 11.2. The fourth-order valence-electron chi connectivity index (χ4n) is 1.74. The molecule has 0 fully saturated rings. The van der Waals surface area contributed by atoms with Gasteiger partial charge < -0.3 is 10.6 Å². The van der Waals surface area contributed by atoms with Crippen LogP contribution in [-0.2, 0) is 6.54 Å². The third-order valence-electron chi connectivity index (χ3n) is 2.81. The van der Waals surface area contributed by atoms with Crippen LogP contribution >= 0.6 is 0 Å². The molecule has 3 N–H and O–H groups in total. The maximum absolute atomic E-state index is 11.7. The summed E-state index contributed by atoms with van der Waals surface area (Å²) in [6.07, 6.45) is 1.81. The van der Waals surface area contributed by atoms with Crippen molar-refractivity contribution < 1.29 is 4.79 Å². The molecule has 0 aliphatic carbocycles. The van der Waals surface area contributed by atoms with Gasteiger partial charge in [-0.15, -0.1) is 0 Å². The van der Waals surface area contributed by atoms with E-state index in [1.807, 2.05) is 32.2 Å². The number of H-pyrrole nitrogens is 1. The minimum Gasteiger partial charge on any atom is -0.362 e. The Hall–Kier alpha value is -2.37. The number of carbonyl (C=O) groups excluding carboxylic acids is 1. The van der Waals surface area contributed by atoms with Crippen molar-refractivity contribution in [2.24, 2.45) is 0 Å². The van der Waals surface area contributed by atoms with Crippen LogP contribution < -0.4 is 10.6 Å². The van der Waals surface area contributed by atoms with E-state index < -0.39 is 0 Å².